The first-order valence-corrected chi connectivity index (χ1v) is 8.33. The molecule has 1 atom stereocenters. The molecule has 1 saturated carbocycles. The summed E-state index contributed by atoms with van der Waals surface area (Å²) in [5, 5.41) is 8.96. The van der Waals surface area contributed by atoms with Crippen LogP contribution in [0.4, 0.5) is 0 Å². The van der Waals surface area contributed by atoms with Gasteiger partial charge in [0.25, 0.3) is 0 Å². The summed E-state index contributed by atoms with van der Waals surface area (Å²) in [5.41, 5.74) is 0. The van der Waals surface area contributed by atoms with Crippen LogP contribution in [0.3, 0.4) is 0 Å². The second-order valence-electron chi connectivity index (χ2n) is 5.82. The number of carbonyl (C=O) groups is 2. The molecule has 2 rings (SSSR count). The van der Waals surface area contributed by atoms with Gasteiger partial charge in [-0.2, -0.15) is 11.8 Å². The lowest BCUT2D eigenvalue weighted by molar-refractivity contribution is -0.142. The molecular weight excluding hydrogens is 262 g/mol. The van der Waals surface area contributed by atoms with Crippen LogP contribution in [0.1, 0.15) is 39.0 Å². The molecule has 5 heteroatoms. The van der Waals surface area contributed by atoms with E-state index in [0.717, 1.165) is 43.1 Å². The van der Waals surface area contributed by atoms with Gasteiger partial charge in [0.2, 0.25) is 5.91 Å². The van der Waals surface area contributed by atoms with Gasteiger partial charge in [0, 0.05) is 24.0 Å². The molecular formula is C14H23NO3S. The fraction of sp³-hybridized carbons (Fsp3) is 0.857. The standard InChI is InChI=1S/C14H23NO3S/c1-10-2-4-11(5-3-10)14(18)15-6-7-19-9-12(15)8-13(16)17/h10-12H,2-9H2,1H3,(H,16,17). The van der Waals surface area contributed by atoms with Gasteiger partial charge in [0.15, 0.2) is 0 Å². The third-order valence-corrected chi connectivity index (χ3v) is 5.38. The number of carboxylic acid groups (broad SMARTS) is 1. The first-order valence-electron chi connectivity index (χ1n) is 7.18. The van der Waals surface area contributed by atoms with Gasteiger partial charge in [-0.3, -0.25) is 9.59 Å². The molecule has 1 saturated heterocycles. The van der Waals surface area contributed by atoms with E-state index in [1.807, 2.05) is 4.90 Å². The molecule has 1 aliphatic heterocycles. The molecule has 108 valence electrons. The molecule has 1 amide bonds. The van der Waals surface area contributed by atoms with Crippen molar-refractivity contribution < 1.29 is 14.7 Å². The molecule has 4 nitrogen and oxygen atoms in total. The highest BCUT2D eigenvalue weighted by molar-refractivity contribution is 7.99. The minimum Gasteiger partial charge on any atom is -0.481 e. The van der Waals surface area contributed by atoms with Gasteiger partial charge < -0.3 is 10.0 Å². The number of nitrogens with zero attached hydrogens (tertiary/aromatic N) is 1. The Hall–Kier alpha value is -0.710. The molecule has 0 bridgehead atoms. The molecule has 2 fully saturated rings. The van der Waals surface area contributed by atoms with Crippen molar-refractivity contribution >= 4 is 23.6 Å². The SMILES string of the molecule is CC1CCC(C(=O)N2CCSCC2CC(=O)O)CC1. The molecule has 0 aromatic rings. The van der Waals surface area contributed by atoms with Gasteiger partial charge in [-0.05, 0) is 31.6 Å². The Bertz CT molecular complexity index is 340. The van der Waals surface area contributed by atoms with Crippen molar-refractivity contribution in [1.82, 2.24) is 4.90 Å². The Balaban J connectivity index is 1.96. The van der Waals surface area contributed by atoms with Crippen molar-refractivity contribution in [3.05, 3.63) is 0 Å². The summed E-state index contributed by atoms with van der Waals surface area (Å²) in [4.78, 5) is 25.3. The van der Waals surface area contributed by atoms with Crippen LogP contribution in [0.15, 0.2) is 0 Å². The smallest absolute Gasteiger partial charge is 0.305 e. The topological polar surface area (TPSA) is 57.6 Å². The summed E-state index contributed by atoms with van der Waals surface area (Å²) in [7, 11) is 0. The van der Waals surface area contributed by atoms with E-state index in [9.17, 15) is 9.59 Å². The van der Waals surface area contributed by atoms with Crippen LogP contribution < -0.4 is 0 Å². The van der Waals surface area contributed by atoms with Crippen LogP contribution in [-0.4, -0.2) is 46.0 Å². The van der Waals surface area contributed by atoms with Crippen molar-refractivity contribution in [3.63, 3.8) is 0 Å². The molecule has 1 heterocycles. The highest BCUT2D eigenvalue weighted by atomic mass is 32.2. The maximum atomic E-state index is 12.6. The van der Waals surface area contributed by atoms with E-state index >= 15 is 0 Å². The highest BCUT2D eigenvalue weighted by Crippen LogP contribution is 2.31. The lowest BCUT2D eigenvalue weighted by atomic mass is 9.82. The Morgan fingerprint density at radius 2 is 1.95 bits per heavy atom. The van der Waals surface area contributed by atoms with Crippen molar-refractivity contribution in [3.8, 4) is 0 Å². The Morgan fingerprint density at radius 1 is 1.26 bits per heavy atom. The predicted molar refractivity (Wildman–Crippen MR) is 76.2 cm³/mol. The van der Waals surface area contributed by atoms with Gasteiger partial charge in [-0.25, -0.2) is 0 Å². The van der Waals surface area contributed by atoms with Crippen LogP contribution in [0.2, 0.25) is 0 Å². The second kappa shape index (κ2) is 6.64. The lowest BCUT2D eigenvalue weighted by Gasteiger charge is -2.38. The first kappa shape index (κ1) is 14.7. The number of thioether (sulfide) groups is 1. The summed E-state index contributed by atoms with van der Waals surface area (Å²) >= 11 is 1.76. The third kappa shape index (κ3) is 3.88. The summed E-state index contributed by atoms with van der Waals surface area (Å²) in [5.74, 6) is 1.97. The number of hydrogen-bond acceptors (Lipinski definition) is 3. The quantitative estimate of drug-likeness (QED) is 0.864. The zero-order chi connectivity index (χ0) is 13.8. The van der Waals surface area contributed by atoms with E-state index in [1.54, 1.807) is 11.8 Å². The maximum absolute atomic E-state index is 12.6. The normalized spacial score (nSPS) is 32.1. The number of carbonyl (C=O) groups excluding carboxylic acids is 1. The van der Waals surface area contributed by atoms with E-state index in [4.69, 9.17) is 5.11 Å². The average Bonchev–Trinajstić information content (AvgIpc) is 2.39. The van der Waals surface area contributed by atoms with Gasteiger partial charge in [0.1, 0.15) is 0 Å². The Morgan fingerprint density at radius 3 is 2.58 bits per heavy atom. The van der Waals surface area contributed by atoms with E-state index in [-0.39, 0.29) is 24.3 Å². The monoisotopic (exact) mass is 285 g/mol. The number of rotatable bonds is 3. The lowest BCUT2D eigenvalue weighted by Crippen LogP contribution is -2.49. The van der Waals surface area contributed by atoms with Crippen molar-refractivity contribution in [2.75, 3.05) is 18.1 Å². The highest BCUT2D eigenvalue weighted by Gasteiger charge is 2.34. The molecule has 0 radical (unpaired) electrons. The minimum absolute atomic E-state index is 0.0852. The molecule has 0 spiro atoms. The Kier molecular flexibility index (Phi) is 5.13. The van der Waals surface area contributed by atoms with Crippen molar-refractivity contribution in [1.29, 1.82) is 0 Å². The second-order valence-corrected chi connectivity index (χ2v) is 6.96. The predicted octanol–water partition coefficient (Wildman–Crippen LogP) is 2.23. The molecule has 19 heavy (non-hydrogen) atoms. The van der Waals surface area contributed by atoms with Crippen LogP contribution in [-0.2, 0) is 9.59 Å². The molecule has 2 aliphatic rings. The Labute approximate surface area is 118 Å². The zero-order valence-electron chi connectivity index (χ0n) is 11.5. The molecule has 1 aliphatic carbocycles. The maximum Gasteiger partial charge on any atom is 0.305 e. The van der Waals surface area contributed by atoms with E-state index in [0.29, 0.717) is 6.54 Å². The largest absolute Gasteiger partial charge is 0.481 e. The molecule has 1 N–H and O–H groups in total. The van der Waals surface area contributed by atoms with Crippen LogP contribution in [0, 0.1) is 11.8 Å². The number of amides is 1. The first-order chi connectivity index (χ1) is 9.08. The summed E-state index contributed by atoms with van der Waals surface area (Å²) in [6, 6.07) is -0.108. The summed E-state index contributed by atoms with van der Waals surface area (Å²) < 4.78 is 0. The van der Waals surface area contributed by atoms with E-state index < -0.39 is 5.97 Å². The number of aliphatic carboxylic acids is 1. The van der Waals surface area contributed by atoms with Gasteiger partial charge >= 0.3 is 5.97 Å². The third-order valence-electron chi connectivity index (χ3n) is 4.29. The average molecular weight is 285 g/mol. The number of carboxylic acids is 1. The van der Waals surface area contributed by atoms with Crippen LogP contribution >= 0.6 is 11.8 Å². The van der Waals surface area contributed by atoms with Gasteiger partial charge in [-0.15, -0.1) is 0 Å². The fourth-order valence-corrected chi connectivity index (χ4v) is 4.12. The van der Waals surface area contributed by atoms with E-state index in [2.05, 4.69) is 6.92 Å². The summed E-state index contributed by atoms with van der Waals surface area (Å²) in [6.07, 6.45) is 4.29. The van der Waals surface area contributed by atoms with Gasteiger partial charge in [-0.1, -0.05) is 6.92 Å². The molecule has 1 unspecified atom stereocenters. The van der Waals surface area contributed by atoms with Crippen molar-refractivity contribution in [2.45, 2.75) is 45.1 Å². The minimum atomic E-state index is -0.803. The van der Waals surface area contributed by atoms with Crippen molar-refractivity contribution in [2.24, 2.45) is 11.8 Å². The molecule has 0 aromatic carbocycles. The van der Waals surface area contributed by atoms with E-state index in [1.165, 1.54) is 0 Å². The summed E-state index contributed by atoms with van der Waals surface area (Å²) in [6.45, 7) is 2.96. The van der Waals surface area contributed by atoms with Gasteiger partial charge in [0.05, 0.1) is 12.5 Å². The number of hydrogen-bond donors (Lipinski definition) is 1. The fourth-order valence-electron chi connectivity index (χ4n) is 3.06. The van der Waals surface area contributed by atoms with Crippen LogP contribution in [0.25, 0.3) is 0 Å². The van der Waals surface area contributed by atoms with Crippen LogP contribution in [0.5, 0.6) is 0 Å². The zero-order valence-corrected chi connectivity index (χ0v) is 12.3. The molecule has 0 aromatic heterocycles.